The number of nitrogens with one attached hydrogen (secondary N) is 1. The van der Waals surface area contributed by atoms with Crippen molar-refractivity contribution in [2.45, 2.75) is 33.1 Å². The molecule has 3 fully saturated rings. The molecule has 3 aromatic carbocycles. The van der Waals surface area contributed by atoms with Crippen molar-refractivity contribution in [1.82, 2.24) is 0 Å². The molecular weight excluding hydrogens is 500 g/mol. The third-order valence-electron chi connectivity index (χ3n) is 9.16. The van der Waals surface area contributed by atoms with Crippen LogP contribution in [0.2, 0.25) is 0 Å². The zero-order valence-electron chi connectivity index (χ0n) is 22.8. The summed E-state index contributed by atoms with van der Waals surface area (Å²) in [6.45, 7) is 6.31. The van der Waals surface area contributed by atoms with Crippen molar-refractivity contribution < 1.29 is 19.1 Å². The highest BCUT2D eigenvalue weighted by molar-refractivity contribution is 6.23. The van der Waals surface area contributed by atoms with Crippen LogP contribution in [0.3, 0.4) is 0 Å². The van der Waals surface area contributed by atoms with E-state index in [1.807, 2.05) is 25.1 Å². The van der Waals surface area contributed by atoms with Crippen LogP contribution in [0.15, 0.2) is 78.9 Å². The molecular formula is C34H32N2O4. The molecule has 5 aliphatic rings. The Kier molecular flexibility index (Phi) is 5.70. The van der Waals surface area contributed by atoms with Crippen molar-refractivity contribution in [3.05, 3.63) is 95.6 Å². The van der Waals surface area contributed by atoms with Gasteiger partial charge in [-0.25, -0.2) is 4.90 Å². The van der Waals surface area contributed by atoms with Crippen LogP contribution in [0, 0.1) is 42.4 Å². The molecule has 1 N–H and O–H groups in total. The van der Waals surface area contributed by atoms with Gasteiger partial charge in [-0.2, -0.15) is 0 Å². The first-order valence-electron chi connectivity index (χ1n) is 14.2. The Bertz CT molecular complexity index is 1540. The number of allylic oxidation sites excluding steroid dienone is 2. The van der Waals surface area contributed by atoms with Gasteiger partial charge in [0.15, 0.2) is 0 Å². The van der Waals surface area contributed by atoms with Crippen LogP contribution in [0.4, 0.5) is 11.4 Å². The Morgan fingerprint density at radius 1 is 0.900 bits per heavy atom. The van der Waals surface area contributed by atoms with Gasteiger partial charge >= 0.3 is 0 Å². The van der Waals surface area contributed by atoms with Gasteiger partial charge in [0, 0.05) is 11.3 Å². The minimum Gasteiger partial charge on any atom is -0.457 e. The summed E-state index contributed by atoms with van der Waals surface area (Å²) < 4.78 is 6.17. The number of hydrogen-bond acceptors (Lipinski definition) is 4. The number of ether oxygens (including phenoxy) is 1. The standard InChI is InChI=1S/C34H32N2O4/c1-18(2)24-12-7-19(3)15-29(24)40-23-10-8-21(9-11-23)35-32(37)20-5-4-6-22(16-20)36-33(38)30-25-13-14-26(28-17-27(25)28)31(30)34(36)39/h4-16,18,25-28,30-31H,17H2,1-3H3,(H,35,37)/t25-,26-,27-,28-,30-,31+/m1/s1. The van der Waals surface area contributed by atoms with Gasteiger partial charge in [0.2, 0.25) is 11.8 Å². The van der Waals surface area contributed by atoms with Crippen LogP contribution in [-0.4, -0.2) is 17.7 Å². The van der Waals surface area contributed by atoms with Gasteiger partial charge in [0.25, 0.3) is 5.91 Å². The van der Waals surface area contributed by atoms with E-state index in [9.17, 15) is 14.4 Å². The van der Waals surface area contributed by atoms with E-state index >= 15 is 0 Å². The molecule has 6 nitrogen and oxygen atoms in total. The van der Waals surface area contributed by atoms with E-state index in [1.54, 1.807) is 36.4 Å². The lowest BCUT2D eigenvalue weighted by molar-refractivity contribution is -0.124. The maximum absolute atomic E-state index is 13.5. The fraction of sp³-hybridized carbons (Fsp3) is 0.324. The second-order valence-electron chi connectivity index (χ2n) is 12.0. The van der Waals surface area contributed by atoms with E-state index in [-0.39, 0.29) is 41.4 Å². The van der Waals surface area contributed by atoms with Crippen molar-refractivity contribution in [3.8, 4) is 11.5 Å². The Balaban J connectivity index is 1.06. The highest BCUT2D eigenvalue weighted by Crippen LogP contribution is 2.65. The molecule has 8 rings (SSSR count). The maximum atomic E-state index is 13.5. The number of hydrogen-bond donors (Lipinski definition) is 1. The van der Waals surface area contributed by atoms with Crippen molar-refractivity contribution in [1.29, 1.82) is 0 Å². The molecule has 1 saturated heterocycles. The number of nitrogens with zero attached hydrogens (tertiary/aromatic N) is 1. The number of anilines is 2. The first-order chi connectivity index (χ1) is 19.3. The fourth-order valence-electron chi connectivity index (χ4n) is 7.14. The molecule has 1 heterocycles. The maximum Gasteiger partial charge on any atom is 0.255 e. The number of carbonyl (C=O) groups is 3. The quantitative estimate of drug-likeness (QED) is 0.282. The molecule has 6 atom stereocenters. The predicted molar refractivity (Wildman–Crippen MR) is 153 cm³/mol. The molecule has 1 aliphatic heterocycles. The van der Waals surface area contributed by atoms with Crippen LogP contribution >= 0.6 is 0 Å². The topological polar surface area (TPSA) is 75.7 Å². The number of carbonyl (C=O) groups excluding carboxylic acids is 3. The highest BCUT2D eigenvalue weighted by atomic mass is 16.5. The number of aryl methyl sites for hydroxylation is 1. The van der Waals surface area contributed by atoms with Gasteiger partial charge < -0.3 is 10.1 Å². The smallest absolute Gasteiger partial charge is 0.255 e. The molecule has 0 aromatic heterocycles. The summed E-state index contributed by atoms with van der Waals surface area (Å²) in [5, 5.41) is 2.92. The molecule has 0 spiro atoms. The average Bonchev–Trinajstić information content (AvgIpc) is 3.72. The first kappa shape index (κ1) is 24.8. The molecule has 202 valence electrons. The van der Waals surface area contributed by atoms with E-state index in [0.29, 0.717) is 40.4 Å². The molecule has 3 aromatic rings. The fourth-order valence-corrected chi connectivity index (χ4v) is 7.14. The molecule has 3 amide bonds. The molecule has 4 aliphatic carbocycles. The van der Waals surface area contributed by atoms with E-state index in [2.05, 4.69) is 43.4 Å². The summed E-state index contributed by atoms with van der Waals surface area (Å²) in [5.74, 6) is 2.20. The lowest BCUT2D eigenvalue weighted by Crippen LogP contribution is -2.40. The van der Waals surface area contributed by atoms with Gasteiger partial charge in [-0.05, 0) is 103 Å². The van der Waals surface area contributed by atoms with Crippen LogP contribution in [-0.2, 0) is 9.59 Å². The van der Waals surface area contributed by atoms with Crippen molar-refractivity contribution >= 4 is 29.1 Å². The second kappa shape index (κ2) is 9.19. The van der Waals surface area contributed by atoms with Crippen LogP contribution < -0.4 is 15.0 Å². The van der Waals surface area contributed by atoms with Crippen LogP contribution in [0.5, 0.6) is 11.5 Å². The first-order valence-corrected chi connectivity index (χ1v) is 14.2. The molecule has 40 heavy (non-hydrogen) atoms. The summed E-state index contributed by atoms with van der Waals surface area (Å²) in [4.78, 5) is 41.4. The van der Waals surface area contributed by atoms with Crippen molar-refractivity contribution in [2.75, 3.05) is 10.2 Å². The summed E-state index contributed by atoms with van der Waals surface area (Å²) in [6.07, 6.45) is 5.46. The lowest BCUT2D eigenvalue weighted by Gasteiger charge is -2.37. The summed E-state index contributed by atoms with van der Waals surface area (Å²) in [5.41, 5.74) is 3.74. The number of rotatable bonds is 6. The van der Waals surface area contributed by atoms with Gasteiger partial charge in [-0.1, -0.05) is 44.2 Å². The van der Waals surface area contributed by atoms with Crippen molar-refractivity contribution in [3.63, 3.8) is 0 Å². The van der Waals surface area contributed by atoms with Gasteiger partial charge in [-0.3, -0.25) is 14.4 Å². The van der Waals surface area contributed by atoms with E-state index < -0.39 is 0 Å². The summed E-state index contributed by atoms with van der Waals surface area (Å²) >= 11 is 0. The summed E-state index contributed by atoms with van der Waals surface area (Å²) in [7, 11) is 0. The molecule has 6 heteroatoms. The minimum absolute atomic E-state index is 0.123. The lowest BCUT2D eigenvalue weighted by atomic mass is 9.63. The van der Waals surface area contributed by atoms with E-state index in [4.69, 9.17) is 4.74 Å². The van der Waals surface area contributed by atoms with E-state index in [1.165, 1.54) is 4.90 Å². The second-order valence-corrected chi connectivity index (χ2v) is 12.0. The van der Waals surface area contributed by atoms with Crippen LogP contribution in [0.1, 0.15) is 47.7 Å². The zero-order valence-corrected chi connectivity index (χ0v) is 22.8. The number of imide groups is 1. The third-order valence-corrected chi connectivity index (χ3v) is 9.16. The van der Waals surface area contributed by atoms with Gasteiger partial charge in [0.1, 0.15) is 11.5 Å². The Morgan fingerprint density at radius 3 is 2.23 bits per heavy atom. The normalized spacial score (nSPS) is 27.6. The molecule has 2 bridgehead atoms. The van der Waals surface area contributed by atoms with Gasteiger partial charge in [-0.15, -0.1) is 0 Å². The Morgan fingerprint density at radius 2 is 1.57 bits per heavy atom. The molecule has 2 saturated carbocycles. The summed E-state index contributed by atoms with van der Waals surface area (Å²) in [6, 6.07) is 20.3. The third kappa shape index (κ3) is 3.96. The molecule has 0 radical (unpaired) electrons. The average molecular weight is 533 g/mol. The minimum atomic E-state index is -0.309. The van der Waals surface area contributed by atoms with E-state index in [0.717, 1.165) is 23.3 Å². The number of amides is 3. The highest BCUT2D eigenvalue weighted by Gasteiger charge is 2.67. The zero-order chi connectivity index (χ0) is 27.7. The monoisotopic (exact) mass is 532 g/mol. The SMILES string of the molecule is Cc1ccc(C(C)C)c(Oc2ccc(NC(=O)c3cccc(N4C(=O)[C@@H]5[C@@H]6C=C[C@H]([C@H]7C[C@H]67)[C@@H]5C4=O)c3)cc2)c1. The van der Waals surface area contributed by atoms with Crippen molar-refractivity contribution in [2.24, 2.45) is 35.5 Å². The van der Waals surface area contributed by atoms with Crippen LogP contribution in [0.25, 0.3) is 0 Å². The predicted octanol–water partition coefficient (Wildman–Crippen LogP) is 6.72. The largest absolute Gasteiger partial charge is 0.457 e. The molecule has 0 unspecified atom stereocenters. The Labute approximate surface area is 234 Å². The number of benzene rings is 3. The Hall–Kier alpha value is -4.19. The van der Waals surface area contributed by atoms with Gasteiger partial charge in [0.05, 0.1) is 17.5 Å².